The van der Waals surface area contributed by atoms with Crippen LogP contribution < -0.4 is 0 Å². The van der Waals surface area contributed by atoms with Gasteiger partial charge in [0, 0.05) is 12.8 Å². The van der Waals surface area contributed by atoms with Crippen molar-refractivity contribution in [2.24, 2.45) is 0 Å². The lowest BCUT2D eigenvalue weighted by molar-refractivity contribution is -0.220. The first kappa shape index (κ1) is 56.6. The standard InChI is InChI=1S/C47H81O13P/c1-3-5-7-9-11-13-15-17-19-20-22-23-25-27-29-31-33-35-40(48)57-37-39(38-58-61(55,56)60-47-45(53)43(51)42(50)44(52)46(47)54)59-41(49)36-34-32-30-28-26-24-21-18-16-14-12-10-8-6-4-2/h11,13-14,16-17,19,22-23,27,29,39,42-47,50-54H,3-10,12,15,18,20-21,24-26,28,30-38H2,1-2H3,(H,55,56)/b13-11-,16-14-,19-17-,23-22-,29-27-/t39-,42?,43-,44?,45?,46?,47?/m1/s1. The minimum Gasteiger partial charge on any atom is -0.462 e. The van der Waals surface area contributed by atoms with E-state index in [0.29, 0.717) is 19.3 Å². The number of carbonyl (C=O) groups excluding carboxylic acids is 2. The molecule has 0 aliphatic heterocycles. The summed E-state index contributed by atoms with van der Waals surface area (Å²) >= 11 is 0. The Labute approximate surface area is 366 Å². The monoisotopic (exact) mass is 885 g/mol. The summed E-state index contributed by atoms with van der Waals surface area (Å²) in [6, 6.07) is 0. The summed E-state index contributed by atoms with van der Waals surface area (Å²) in [6.45, 7) is 3.20. The molecule has 0 bridgehead atoms. The number of esters is 2. The van der Waals surface area contributed by atoms with Crippen LogP contribution in [0.4, 0.5) is 0 Å². The van der Waals surface area contributed by atoms with Crippen LogP contribution in [-0.2, 0) is 32.7 Å². The Bertz CT molecular complexity index is 1300. The molecule has 0 aromatic carbocycles. The number of hydrogen-bond donors (Lipinski definition) is 6. The van der Waals surface area contributed by atoms with Gasteiger partial charge in [-0.2, -0.15) is 0 Å². The van der Waals surface area contributed by atoms with Crippen molar-refractivity contribution in [3.05, 3.63) is 60.8 Å². The highest BCUT2D eigenvalue weighted by molar-refractivity contribution is 7.47. The van der Waals surface area contributed by atoms with Crippen molar-refractivity contribution in [1.29, 1.82) is 0 Å². The molecule has 1 rings (SSSR count). The van der Waals surface area contributed by atoms with E-state index < -0.39 is 75.7 Å². The molecule has 0 spiro atoms. The van der Waals surface area contributed by atoms with Crippen molar-refractivity contribution in [2.45, 2.75) is 211 Å². The minimum absolute atomic E-state index is 0.0778. The Kier molecular flexibility index (Phi) is 34.3. The Morgan fingerprint density at radius 1 is 0.508 bits per heavy atom. The summed E-state index contributed by atoms with van der Waals surface area (Å²) in [5.74, 6) is -1.17. The van der Waals surface area contributed by atoms with Crippen LogP contribution in [0.15, 0.2) is 60.8 Å². The molecule has 61 heavy (non-hydrogen) atoms. The smallest absolute Gasteiger partial charge is 0.462 e. The summed E-state index contributed by atoms with van der Waals surface area (Å²) in [7, 11) is -5.13. The summed E-state index contributed by atoms with van der Waals surface area (Å²) in [5.41, 5.74) is 0. The van der Waals surface area contributed by atoms with Crippen LogP contribution in [0.3, 0.4) is 0 Å². The number of rotatable bonds is 37. The molecule has 0 aromatic heterocycles. The van der Waals surface area contributed by atoms with Crippen molar-refractivity contribution in [1.82, 2.24) is 0 Å². The van der Waals surface area contributed by atoms with Crippen LogP contribution in [0.1, 0.15) is 168 Å². The molecule has 13 nitrogen and oxygen atoms in total. The number of aliphatic hydroxyl groups excluding tert-OH is 5. The van der Waals surface area contributed by atoms with Gasteiger partial charge in [-0.05, 0) is 77.0 Å². The molecule has 0 radical (unpaired) electrons. The zero-order valence-corrected chi connectivity index (χ0v) is 38.1. The summed E-state index contributed by atoms with van der Waals surface area (Å²) < 4.78 is 33.5. The van der Waals surface area contributed by atoms with Gasteiger partial charge in [-0.15, -0.1) is 0 Å². The van der Waals surface area contributed by atoms with Crippen molar-refractivity contribution in [2.75, 3.05) is 13.2 Å². The predicted molar refractivity (Wildman–Crippen MR) is 239 cm³/mol. The van der Waals surface area contributed by atoms with Crippen molar-refractivity contribution in [3.63, 3.8) is 0 Å². The van der Waals surface area contributed by atoms with Gasteiger partial charge in [0.25, 0.3) is 0 Å². The van der Waals surface area contributed by atoms with Crippen molar-refractivity contribution in [3.8, 4) is 0 Å². The molecule has 1 aliphatic rings. The van der Waals surface area contributed by atoms with Crippen LogP contribution in [0.2, 0.25) is 0 Å². The Morgan fingerprint density at radius 2 is 0.902 bits per heavy atom. The van der Waals surface area contributed by atoms with E-state index in [1.165, 1.54) is 44.9 Å². The van der Waals surface area contributed by atoms with Crippen LogP contribution in [0.25, 0.3) is 0 Å². The average molecular weight is 885 g/mol. The summed E-state index contributed by atoms with van der Waals surface area (Å²) in [4.78, 5) is 35.7. The quantitative estimate of drug-likeness (QED) is 0.0149. The zero-order valence-electron chi connectivity index (χ0n) is 37.2. The van der Waals surface area contributed by atoms with Crippen LogP contribution >= 0.6 is 7.82 Å². The lowest BCUT2D eigenvalue weighted by Gasteiger charge is -2.41. The summed E-state index contributed by atoms with van der Waals surface area (Å²) in [5, 5.41) is 50.1. The maximum atomic E-state index is 12.8. The number of phosphoric ester groups is 1. The van der Waals surface area contributed by atoms with E-state index in [9.17, 15) is 44.6 Å². The highest BCUT2D eigenvalue weighted by atomic mass is 31.2. The van der Waals surface area contributed by atoms with Crippen LogP contribution in [0, 0.1) is 0 Å². The number of allylic oxidation sites excluding steroid dienone is 10. The van der Waals surface area contributed by atoms with Crippen molar-refractivity contribution < 1.29 is 63.1 Å². The number of aliphatic hydroxyl groups is 5. The molecule has 6 unspecified atom stereocenters. The summed E-state index contributed by atoms with van der Waals surface area (Å²) in [6.07, 6.45) is 31.3. The number of unbranched alkanes of at least 4 members (excludes halogenated alkanes) is 15. The fraction of sp³-hybridized carbons (Fsp3) is 0.745. The molecule has 0 aromatic rings. The molecule has 1 saturated carbocycles. The molecule has 6 N–H and O–H groups in total. The maximum Gasteiger partial charge on any atom is 0.472 e. The van der Waals surface area contributed by atoms with E-state index in [1.54, 1.807) is 0 Å². The Hall–Kier alpha value is -2.45. The molecular weight excluding hydrogens is 803 g/mol. The molecule has 0 saturated heterocycles. The SMILES string of the molecule is CCCCC/C=C\C/C=C\C/C=C\C/C=C\CCCC(=O)OC[C@H](COP(=O)(O)OC1C(O)C(O)C(O)[C@@H](O)C1O)OC(=O)CCCCCCCCC/C=C\CCCCCC. The van der Waals surface area contributed by atoms with Gasteiger partial charge in [0.15, 0.2) is 6.10 Å². The molecule has 1 fully saturated rings. The first-order chi connectivity index (χ1) is 29.4. The fourth-order valence-corrected chi connectivity index (χ4v) is 7.54. The van der Waals surface area contributed by atoms with Gasteiger partial charge in [-0.25, -0.2) is 4.57 Å². The van der Waals surface area contributed by atoms with E-state index in [-0.39, 0.29) is 12.8 Å². The van der Waals surface area contributed by atoms with Gasteiger partial charge in [0.1, 0.15) is 43.2 Å². The van der Waals surface area contributed by atoms with Gasteiger partial charge in [-0.1, -0.05) is 139 Å². The van der Waals surface area contributed by atoms with E-state index in [2.05, 4.69) is 62.5 Å². The van der Waals surface area contributed by atoms with Crippen molar-refractivity contribution >= 4 is 19.8 Å². The molecule has 1 aliphatic carbocycles. The van der Waals surface area contributed by atoms with Gasteiger partial charge >= 0.3 is 19.8 Å². The normalized spacial score (nSPS) is 22.6. The second-order valence-corrected chi connectivity index (χ2v) is 17.3. The van der Waals surface area contributed by atoms with Gasteiger partial charge < -0.3 is 39.9 Å². The van der Waals surface area contributed by atoms with E-state index in [0.717, 1.165) is 77.0 Å². The molecule has 8 atom stereocenters. The molecule has 0 amide bonds. The Balaban J connectivity index is 2.51. The number of phosphoric acid groups is 1. The zero-order chi connectivity index (χ0) is 45.0. The third-order valence-electron chi connectivity index (χ3n) is 10.3. The largest absolute Gasteiger partial charge is 0.472 e. The first-order valence-electron chi connectivity index (χ1n) is 23.1. The van der Waals surface area contributed by atoms with Crippen LogP contribution in [0.5, 0.6) is 0 Å². The van der Waals surface area contributed by atoms with E-state index in [4.69, 9.17) is 18.5 Å². The topological polar surface area (TPSA) is 210 Å². The minimum atomic E-state index is -5.13. The number of carbonyl (C=O) groups is 2. The third kappa shape index (κ3) is 29.5. The predicted octanol–water partition coefficient (Wildman–Crippen LogP) is 8.94. The molecule has 0 heterocycles. The second-order valence-electron chi connectivity index (χ2n) is 15.9. The van der Waals surface area contributed by atoms with Crippen LogP contribution in [-0.4, -0.2) is 98.3 Å². The van der Waals surface area contributed by atoms with E-state index in [1.807, 2.05) is 12.2 Å². The molecule has 352 valence electrons. The number of hydrogen-bond acceptors (Lipinski definition) is 12. The molecule has 14 heteroatoms. The van der Waals surface area contributed by atoms with Gasteiger partial charge in [-0.3, -0.25) is 18.6 Å². The highest BCUT2D eigenvalue weighted by Gasteiger charge is 2.51. The maximum absolute atomic E-state index is 12.8. The molecular formula is C47H81O13P. The number of ether oxygens (including phenoxy) is 2. The average Bonchev–Trinajstić information content (AvgIpc) is 3.24. The fourth-order valence-electron chi connectivity index (χ4n) is 6.57. The van der Waals surface area contributed by atoms with E-state index >= 15 is 0 Å². The first-order valence-corrected chi connectivity index (χ1v) is 24.6. The lowest BCUT2D eigenvalue weighted by Crippen LogP contribution is -2.64. The highest BCUT2D eigenvalue weighted by Crippen LogP contribution is 2.47. The Morgan fingerprint density at radius 3 is 1.44 bits per heavy atom. The van der Waals surface area contributed by atoms with Gasteiger partial charge in [0.2, 0.25) is 0 Å². The third-order valence-corrected chi connectivity index (χ3v) is 11.3. The van der Waals surface area contributed by atoms with Gasteiger partial charge in [0.05, 0.1) is 6.61 Å². The second kappa shape index (κ2) is 37.0. The lowest BCUT2D eigenvalue weighted by atomic mass is 9.85.